The third kappa shape index (κ3) is 2.24. The quantitative estimate of drug-likeness (QED) is 0.528. The molecule has 3 aromatic heterocycles. The predicted molar refractivity (Wildman–Crippen MR) is 72.3 cm³/mol. The van der Waals surface area contributed by atoms with Gasteiger partial charge in [0.2, 0.25) is 11.8 Å². The minimum absolute atomic E-state index is 0.112. The van der Waals surface area contributed by atoms with Crippen molar-refractivity contribution in [3.63, 3.8) is 0 Å². The molecule has 3 aromatic rings. The molecule has 0 fully saturated rings. The van der Waals surface area contributed by atoms with Crippen molar-refractivity contribution in [2.75, 3.05) is 0 Å². The second kappa shape index (κ2) is 5.12. The highest BCUT2D eigenvalue weighted by molar-refractivity contribution is 5.52. The number of nitro groups is 1. The third-order valence-electron chi connectivity index (χ3n) is 2.93. The minimum Gasteiger partial charge on any atom is -0.285 e. The van der Waals surface area contributed by atoms with Gasteiger partial charge in [-0.2, -0.15) is 4.98 Å². The van der Waals surface area contributed by atoms with Crippen LogP contribution in [0.15, 0.2) is 37.4 Å². The van der Waals surface area contributed by atoms with E-state index in [1.807, 2.05) is 6.92 Å². The van der Waals surface area contributed by atoms with E-state index >= 15 is 0 Å². The molecule has 0 aliphatic rings. The first-order chi connectivity index (χ1) is 10.2. The zero-order valence-corrected chi connectivity index (χ0v) is 11.1. The fourth-order valence-electron chi connectivity index (χ4n) is 1.97. The number of hydrogen-bond donors (Lipinski definition) is 0. The van der Waals surface area contributed by atoms with Crippen LogP contribution in [0.3, 0.4) is 0 Å². The minimum atomic E-state index is -0.466. The summed E-state index contributed by atoms with van der Waals surface area (Å²) in [4.78, 5) is 27.3. The van der Waals surface area contributed by atoms with Gasteiger partial charge in [0.25, 0.3) is 0 Å². The van der Waals surface area contributed by atoms with E-state index in [-0.39, 0.29) is 11.5 Å². The van der Waals surface area contributed by atoms with Gasteiger partial charge in [-0.25, -0.2) is 15.0 Å². The van der Waals surface area contributed by atoms with E-state index in [9.17, 15) is 10.1 Å². The van der Waals surface area contributed by atoms with Crippen LogP contribution in [0.2, 0.25) is 0 Å². The SMILES string of the molecule is CCc1nc(-n2ccnc2)nc(-n2ccnc2)c1[N+](=O)[O-]. The Balaban J connectivity index is 2.28. The molecule has 0 aliphatic carbocycles. The maximum absolute atomic E-state index is 11.4. The molecule has 0 amide bonds. The van der Waals surface area contributed by atoms with Crippen LogP contribution in [0.4, 0.5) is 5.69 Å². The highest BCUT2D eigenvalue weighted by atomic mass is 16.6. The first-order valence-electron chi connectivity index (χ1n) is 6.22. The molecule has 0 N–H and O–H groups in total. The van der Waals surface area contributed by atoms with Crippen LogP contribution in [0.5, 0.6) is 0 Å². The predicted octanol–water partition coefficient (Wildman–Crippen LogP) is 1.32. The molecule has 0 aliphatic heterocycles. The van der Waals surface area contributed by atoms with E-state index in [1.54, 1.807) is 23.2 Å². The van der Waals surface area contributed by atoms with Crippen molar-refractivity contribution < 1.29 is 4.92 Å². The van der Waals surface area contributed by atoms with Crippen LogP contribution in [0.1, 0.15) is 12.6 Å². The number of aromatic nitrogens is 6. The number of rotatable bonds is 4. The van der Waals surface area contributed by atoms with E-state index in [1.165, 1.54) is 23.4 Å². The Morgan fingerprint density at radius 3 is 2.33 bits per heavy atom. The summed E-state index contributed by atoms with van der Waals surface area (Å²) in [6.07, 6.45) is 9.83. The first kappa shape index (κ1) is 12.9. The zero-order valence-electron chi connectivity index (χ0n) is 11.1. The lowest BCUT2D eigenvalue weighted by molar-refractivity contribution is -0.385. The largest absolute Gasteiger partial charge is 0.333 e. The molecule has 9 nitrogen and oxygen atoms in total. The van der Waals surface area contributed by atoms with Gasteiger partial charge >= 0.3 is 5.69 Å². The first-order valence-corrected chi connectivity index (χ1v) is 6.22. The molecular weight excluding hydrogens is 274 g/mol. The van der Waals surface area contributed by atoms with Crippen LogP contribution < -0.4 is 0 Å². The second-order valence-corrected chi connectivity index (χ2v) is 4.19. The van der Waals surface area contributed by atoms with Gasteiger partial charge in [0, 0.05) is 24.8 Å². The summed E-state index contributed by atoms with van der Waals surface area (Å²) in [5, 5.41) is 11.4. The van der Waals surface area contributed by atoms with Crippen molar-refractivity contribution in [3.05, 3.63) is 53.3 Å². The van der Waals surface area contributed by atoms with Crippen molar-refractivity contribution in [2.24, 2.45) is 0 Å². The molecule has 21 heavy (non-hydrogen) atoms. The number of nitrogens with zero attached hydrogens (tertiary/aromatic N) is 7. The average Bonchev–Trinajstić information content (AvgIpc) is 3.18. The van der Waals surface area contributed by atoms with Gasteiger partial charge < -0.3 is 0 Å². The van der Waals surface area contributed by atoms with Crippen LogP contribution in [-0.2, 0) is 6.42 Å². The molecule has 0 saturated carbocycles. The summed E-state index contributed by atoms with van der Waals surface area (Å²) in [6.45, 7) is 1.81. The van der Waals surface area contributed by atoms with Gasteiger partial charge in [-0.1, -0.05) is 6.92 Å². The summed E-state index contributed by atoms with van der Waals surface area (Å²) in [5.74, 6) is 0.520. The number of imidazole rings is 2. The summed E-state index contributed by atoms with van der Waals surface area (Å²) in [6, 6.07) is 0. The molecule has 0 atom stereocenters. The van der Waals surface area contributed by atoms with Gasteiger partial charge in [0.05, 0.1) is 4.92 Å². The van der Waals surface area contributed by atoms with Crippen molar-refractivity contribution in [3.8, 4) is 11.8 Å². The Kier molecular flexibility index (Phi) is 3.14. The van der Waals surface area contributed by atoms with Crippen LogP contribution in [-0.4, -0.2) is 34.0 Å². The maximum atomic E-state index is 11.4. The van der Waals surface area contributed by atoms with E-state index in [0.717, 1.165) is 0 Å². The molecular formula is C12H11N7O2. The third-order valence-corrected chi connectivity index (χ3v) is 2.93. The van der Waals surface area contributed by atoms with E-state index < -0.39 is 4.92 Å². The summed E-state index contributed by atoms with van der Waals surface area (Å²) in [7, 11) is 0. The second-order valence-electron chi connectivity index (χ2n) is 4.19. The van der Waals surface area contributed by atoms with Crippen molar-refractivity contribution in [1.82, 2.24) is 29.1 Å². The normalized spacial score (nSPS) is 10.7. The molecule has 9 heteroatoms. The van der Waals surface area contributed by atoms with Gasteiger partial charge in [-0.15, -0.1) is 0 Å². The molecule has 0 aromatic carbocycles. The zero-order chi connectivity index (χ0) is 14.8. The Morgan fingerprint density at radius 1 is 1.14 bits per heavy atom. The molecule has 0 bridgehead atoms. The lowest BCUT2D eigenvalue weighted by Gasteiger charge is -2.09. The highest BCUT2D eigenvalue weighted by Crippen LogP contribution is 2.25. The maximum Gasteiger partial charge on any atom is 0.333 e. The average molecular weight is 285 g/mol. The highest BCUT2D eigenvalue weighted by Gasteiger charge is 2.25. The Morgan fingerprint density at radius 2 is 1.81 bits per heavy atom. The number of hydrogen-bond acceptors (Lipinski definition) is 6. The van der Waals surface area contributed by atoms with Gasteiger partial charge in [0.15, 0.2) is 0 Å². The fraction of sp³-hybridized carbons (Fsp3) is 0.167. The van der Waals surface area contributed by atoms with Crippen LogP contribution in [0, 0.1) is 10.1 Å². The fourth-order valence-corrected chi connectivity index (χ4v) is 1.97. The van der Waals surface area contributed by atoms with E-state index in [0.29, 0.717) is 18.1 Å². The summed E-state index contributed by atoms with van der Waals surface area (Å²) < 4.78 is 3.10. The summed E-state index contributed by atoms with van der Waals surface area (Å²) in [5.41, 5.74) is 0.252. The van der Waals surface area contributed by atoms with Crippen molar-refractivity contribution in [1.29, 1.82) is 0 Å². The van der Waals surface area contributed by atoms with Gasteiger partial charge in [0.1, 0.15) is 18.3 Å². The molecule has 3 heterocycles. The smallest absolute Gasteiger partial charge is 0.285 e. The van der Waals surface area contributed by atoms with Crippen molar-refractivity contribution >= 4 is 5.69 Å². The Bertz CT molecular complexity index is 765. The molecule has 106 valence electrons. The molecule has 3 rings (SSSR count). The van der Waals surface area contributed by atoms with Gasteiger partial charge in [-0.05, 0) is 6.42 Å². The van der Waals surface area contributed by atoms with Crippen LogP contribution >= 0.6 is 0 Å². The topological polar surface area (TPSA) is 105 Å². The molecule has 0 saturated heterocycles. The lowest BCUT2D eigenvalue weighted by atomic mass is 10.2. The van der Waals surface area contributed by atoms with Gasteiger partial charge in [-0.3, -0.25) is 19.2 Å². The Labute approximate surface area is 119 Å². The molecule has 0 spiro atoms. The standard InChI is InChI=1S/C12H11N7O2/c1-2-9-10(19(20)21)11(17-5-3-13-7-17)16-12(15-9)18-6-4-14-8-18/h3-8H,2H2,1H3. The molecule has 0 radical (unpaired) electrons. The van der Waals surface area contributed by atoms with Crippen LogP contribution in [0.25, 0.3) is 11.8 Å². The monoisotopic (exact) mass is 285 g/mol. The van der Waals surface area contributed by atoms with E-state index in [4.69, 9.17) is 0 Å². The number of aryl methyl sites for hydroxylation is 1. The van der Waals surface area contributed by atoms with Crippen molar-refractivity contribution in [2.45, 2.75) is 13.3 Å². The Hall–Kier alpha value is -3.10. The molecule has 0 unspecified atom stereocenters. The van der Waals surface area contributed by atoms with E-state index in [2.05, 4.69) is 19.9 Å². The lowest BCUT2D eigenvalue weighted by Crippen LogP contribution is -2.11. The summed E-state index contributed by atoms with van der Waals surface area (Å²) >= 11 is 0.